The van der Waals surface area contributed by atoms with Crippen molar-refractivity contribution >= 4 is 27.3 Å². The molecule has 27 heavy (non-hydrogen) atoms. The largest absolute Gasteiger partial charge is 0.349 e. The highest BCUT2D eigenvalue weighted by Gasteiger charge is 2.24. The number of rotatable bonds is 6. The fraction of sp³-hybridized carbons (Fsp3) is 0.150. The van der Waals surface area contributed by atoms with Gasteiger partial charge < -0.3 is 5.32 Å². The lowest BCUT2D eigenvalue weighted by atomic mass is 9.85. The van der Waals surface area contributed by atoms with E-state index in [1.54, 1.807) is 0 Å². The Bertz CT molecular complexity index is 976. The molecule has 0 aliphatic rings. The van der Waals surface area contributed by atoms with Crippen LogP contribution in [0.4, 0.5) is 0 Å². The maximum absolute atomic E-state index is 12.6. The summed E-state index contributed by atoms with van der Waals surface area (Å²) in [6, 6.07) is 21.0. The summed E-state index contributed by atoms with van der Waals surface area (Å²) < 4.78 is 22.8. The standard InChI is InChI=1S/C20H20N2O3S2/c1-14(22-20(23)17-12-18(26-13-17)27(21,24)25)19(15-8-4-2-5-9-15)16-10-6-3-7-11-16/h2-14,19H,1H3,(H,22,23)(H2,21,24,25)/t14-/m0/s1. The number of hydrogen-bond donors (Lipinski definition) is 2. The zero-order valence-corrected chi connectivity index (χ0v) is 16.3. The molecule has 3 aromatic rings. The van der Waals surface area contributed by atoms with Crippen LogP contribution in [0.25, 0.3) is 0 Å². The number of benzene rings is 2. The fourth-order valence-electron chi connectivity index (χ4n) is 3.05. The normalized spacial score (nSPS) is 12.7. The van der Waals surface area contributed by atoms with Crippen molar-refractivity contribution in [1.82, 2.24) is 5.32 Å². The van der Waals surface area contributed by atoms with Crippen molar-refractivity contribution < 1.29 is 13.2 Å². The number of nitrogens with two attached hydrogens (primary N) is 1. The quantitative estimate of drug-likeness (QED) is 0.665. The first-order chi connectivity index (χ1) is 12.9. The summed E-state index contributed by atoms with van der Waals surface area (Å²) in [6.45, 7) is 1.94. The number of amides is 1. The Balaban J connectivity index is 1.86. The molecule has 3 N–H and O–H groups in total. The molecular formula is C20H20N2O3S2. The number of hydrogen-bond acceptors (Lipinski definition) is 4. The second-order valence-corrected chi connectivity index (χ2v) is 8.96. The summed E-state index contributed by atoms with van der Waals surface area (Å²) in [7, 11) is -3.81. The molecule has 0 fully saturated rings. The van der Waals surface area contributed by atoms with Gasteiger partial charge in [0.2, 0.25) is 10.0 Å². The minimum absolute atomic E-state index is 0.0250. The summed E-state index contributed by atoms with van der Waals surface area (Å²) in [5, 5.41) is 9.61. The van der Waals surface area contributed by atoms with Gasteiger partial charge in [0, 0.05) is 17.3 Å². The van der Waals surface area contributed by atoms with Crippen molar-refractivity contribution in [3.63, 3.8) is 0 Å². The highest BCUT2D eigenvalue weighted by molar-refractivity contribution is 7.91. The molecule has 0 aliphatic heterocycles. The van der Waals surface area contributed by atoms with Crippen LogP contribution in [0.3, 0.4) is 0 Å². The van der Waals surface area contributed by atoms with Gasteiger partial charge in [-0.3, -0.25) is 4.79 Å². The van der Waals surface area contributed by atoms with Crippen LogP contribution in [0.5, 0.6) is 0 Å². The van der Waals surface area contributed by atoms with Crippen LogP contribution in [-0.4, -0.2) is 20.4 Å². The molecule has 0 aliphatic carbocycles. The summed E-state index contributed by atoms with van der Waals surface area (Å²) in [5.41, 5.74) is 2.47. The Labute approximate surface area is 162 Å². The molecule has 1 amide bonds. The molecule has 1 aromatic heterocycles. The van der Waals surface area contributed by atoms with Crippen LogP contribution in [-0.2, 0) is 10.0 Å². The van der Waals surface area contributed by atoms with Gasteiger partial charge in [0.1, 0.15) is 4.21 Å². The van der Waals surface area contributed by atoms with E-state index in [1.807, 2.05) is 67.6 Å². The Kier molecular flexibility index (Phi) is 5.74. The molecule has 1 heterocycles. The van der Waals surface area contributed by atoms with Gasteiger partial charge in [-0.2, -0.15) is 0 Å². The predicted molar refractivity (Wildman–Crippen MR) is 107 cm³/mol. The van der Waals surface area contributed by atoms with Crippen LogP contribution < -0.4 is 10.5 Å². The summed E-state index contributed by atoms with van der Waals surface area (Å²) in [4.78, 5) is 12.6. The van der Waals surface area contributed by atoms with Crippen molar-refractivity contribution in [2.75, 3.05) is 0 Å². The van der Waals surface area contributed by atoms with Crippen molar-refractivity contribution in [3.05, 3.63) is 88.8 Å². The van der Waals surface area contributed by atoms with Gasteiger partial charge in [-0.25, -0.2) is 13.6 Å². The van der Waals surface area contributed by atoms with Gasteiger partial charge in [-0.05, 0) is 24.1 Å². The average molecular weight is 401 g/mol. The molecule has 0 saturated carbocycles. The minimum atomic E-state index is -3.81. The zero-order valence-electron chi connectivity index (χ0n) is 14.7. The van der Waals surface area contributed by atoms with E-state index in [-0.39, 0.29) is 27.6 Å². The van der Waals surface area contributed by atoms with E-state index in [0.717, 1.165) is 22.5 Å². The molecule has 140 valence electrons. The van der Waals surface area contributed by atoms with E-state index in [4.69, 9.17) is 5.14 Å². The van der Waals surface area contributed by atoms with E-state index in [0.29, 0.717) is 0 Å². The monoisotopic (exact) mass is 400 g/mol. The molecule has 1 atom stereocenters. The highest BCUT2D eigenvalue weighted by Crippen LogP contribution is 2.28. The van der Waals surface area contributed by atoms with Crippen LogP contribution in [0.15, 0.2) is 76.3 Å². The molecule has 0 saturated heterocycles. The zero-order chi connectivity index (χ0) is 19.4. The third kappa shape index (κ3) is 4.63. The molecule has 7 heteroatoms. The first-order valence-electron chi connectivity index (χ1n) is 8.38. The molecular weight excluding hydrogens is 380 g/mol. The second-order valence-electron chi connectivity index (χ2n) is 6.26. The number of thiophene rings is 1. The number of sulfonamides is 1. The Hall–Kier alpha value is -2.48. The Morgan fingerprint density at radius 1 is 1.00 bits per heavy atom. The van der Waals surface area contributed by atoms with Gasteiger partial charge in [0.05, 0.1) is 5.56 Å². The fourth-order valence-corrected chi connectivity index (χ4v) is 4.63. The van der Waals surface area contributed by atoms with Gasteiger partial charge in [0.15, 0.2) is 0 Å². The summed E-state index contributed by atoms with van der Waals surface area (Å²) >= 11 is 0.939. The van der Waals surface area contributed by atoms with Gasteiger partial charge in [-0.15, -0.1) is 11.3 Å². The first-order valence-corrected chi connectivity index (χ1v) is 10.8. The van der Waals surface area contributed by atoms with Crippen LogP contribution in [0, 0.1) is 0 Å². The van der Waals surface area contributed by atoms with E-state index in [2.05, 4.69) is 5.32 Å². The van der Waals surface area contributed by atoms with Crippen LogP contribution >= 0.6 is 11.3 Å². The maximum atomic E-state index is 12.6. The van der Waals surface area contributed by atoms with E-state index in [9.17, 15) is 13.2 Å². The minimum Gasteiger partial charge on any atom is -0.349 e. The average Bonchev–Trinajstić information content (AvgIpc) is 3.14. The lowest BCUT2D eigenvalue weighted by Gasteiger charge is -2.26. The van der Waals surface area contributed by atoms with E-state index < -0.39 is 10.0 Å². The van der Waals surface area contributed by atoms with Crippen molar-refractivity contribution in [2.24, 2.45) is 5.14 Å². The van der Waals surface area contributed by atoms with Crippen LogP contribution in [0.1, 0.15) is 34.3 Å². The number of nitrogens with one attached hydrogen (secondary N) is 1. The Morgan fingerprint density at radius 3 is 1.96 bits per heavy atom. The van der Waals surface area contributed by atoms with E-state index in [1.165, 1.54) is 11.4 Å². The van der Waals surface area contributed by atoms with Gasteiger partial charge >= 0.3 is 0 Å². The molecule has 2 aromatic carbocycles. The molecule has 0 spiro atoms. The molecule has 5 nitrogen and oxygen atoms in total. The lowest BCUT2D eigenvalue weighted by Crippen LogP contribution is -2.37. The van der Waals surface area contributed by atoms with Crippen molar-refractivity contribution in [1.29, 1.82) is 0 Å². The third-order valence-corrected chi connectivity index (χ3v) is 6.68. The lowest BCUT2D eigenvalue weighted by molar-refractivity contribution is 0.0937. The third-order valence-electron chi connectivity index (χ3n) is 4.29. The van der Waals surface area contributed by atoms with Crippen molar-refractivity contribution in [3.8, 4) is 0 Å². The molecule has 3 rings (SSSR count). The topological polar surface area (TPSA) is 89.3 Å². The first kappa shape index (κ1) is 19.3. The molecule has 0 radical (unpaired) electrons. The Morgan fingerprint density at radius 2 is 1.52 bits per heavy atom. The maximum Gasteiger partial charge on any atom is 0.252 e. The van der Waals surface area contributed by atoms with Gasteiger partial charge in [-0.1, -0.05) is 60.7 Å². The van der Waals surface area contributed by atoms with E-state index >= 15 is 0 Å². The smallest absolute Gasteiger partial charge is 0.252 e. The molecule has 0 bridgehead atoms. The van der Waals surface area contributed by atoms with Crippen molar-refractivity contribution in [2.45, 2.75) is 23.1 Å². The highest BCUT2D eigenvalue weighted by atomic mass is 32.2. The SMILES string of the molecule is C[C@H](NC(=O)c1csc(S(N)(=O)=O)c1)C(c1ccccc1)c1ccccc1. The van der Waals surface area contributed by atoms with Crippen LogP contribution in [0.2, 0.25) is 0 Å². The second kappa shape index (κ2) is 8.04. The molecule has 0 unspecified atom stereocenters. The van der Waals surface area contributed by atoms with Gasteiger partial charge in [0.25, 0.3) is 5.91 Å². The number of carbonyl (C=O) groups excluding carboxylic acids is 1. The number of primary sulfonamides is 1. The number of carbonyl (C=O) groups is 1. The predicted octanol–water partition coefficient (Wildman–Crippen LogP) is 3.35. The summed E-state index contributed by atoms with van der Waals surface area (Å²) in [5.74, 6) is -0.363. The summed E-state index contributed by atoms with van der Waals surface area (Å²) in [6.07, 6.45) is 0.